The maximum absolute atomic E-state index is 12.5. The summed E-state index contributed by atoms with van der Waals surface area (Å²) in [6.45, 7) is 3.09. The molecule has 0 aromatic carbocycles. The Labute approximate surface area is 149 Å². The number of amides is 1. The van der Waals surface area contributed by atoms with E-state index in [1.165, 1.54) is 10.4 Å². The maximum atomic E-state index is 12.5. The molecule has 0 unspecified atom stereocenters. The molecule has 9 heteroatoms. The van der Waals surface area contributed by atoms with Crippen molar-refractivity contribution in [3.63, 3.8) is 0 Å². The van der Waals surface area contributed by atoms with Crippen molar-refractivity contribution in [2.75, 3.05) is 26.2 Å². The Kier molecular flexibility index (Phi) is 4.91. The molecule has 0 spiro atoms. The van der Waals surface area contributed by atoms with E-state index in [4.69, 9.17) is 11.6 Å². The van der Waals surface area contributed by atoms with Crippen molar-refractivity contribution in [1.29, 1.82) is 0 Å². The van der Waals surface area contributed by atoms with Crippen LogP contribution in [-0.2, 0) is 10.0 Å². The number of nitrogens with zero attached hydrogens (tertiary/aromatic N) is 3. The van der Waals surface area contributed by atoms with Gasteiger partial charge in [0, 0.05) is 38.1 Å². The lowest BCUT2D eigenvalue weighted by molar-refractivity contribution is 0.0697. The van der Waals surface area contributed by atoms with E-state index in [9.17, 15) is 13.2 Å². The molecule has 3 rings (SSSR count). The van der Waals surface area contributed by atoms with Crippen LogP contribution in [-0.4, -0.2) is 54.7 Å². The Balaban J connectivity index is 1.67. The first kappa shape index (κ1) is 17.3. The summed E-state index contributed by atoms with van der Waals surface area (Å²) in [6, 6.07) is 6.61. The summed E-state index contributed by atoms with van der Waals surface area (Å²) in [5.74, 6) is -0.126. The van der Waals surface area contributed by atoms with E-state index >= 15 is 0 Å². The molecule has 24 heavy (non-hydrogen) atoms. The average Bonchev–Trinajstić information content (AvgIpc) is 3.02. The zero-order valence-electron chi connectivity index (χ0n) is 13.0. The molecule has 0 aliphatic carbocycles. The van der Waals surface area contributed by atoms with Gasteiger partial charge < -0.3 is 4.90 Å². The summed E-state index contributed by atoms with van der Waals surface area (Å²) in [7, 11) is -3.54. The summed E-state index contributed by atoms with van der Waals surface area (Å²) in [5, 5.41) is 0. The lowest BCUT2D eigenvalue weighted by Crippen LogP contribution is -2.50. The molecule has 1 saturated heterocycles. The molecule has 1 fully saturated rings. The number of hydrogen-bond acceptors (Lipinski definition) is 5. The highest BCUT2D eigenvalue weighted by molar-refractivity contribution is 7.91. The molecule has 0 atom stereocenters. The normalized spacial score (nSPS) is 16.3. The second-order valence-corrected chi connectivity index (χ2v) is 9.32. The van der Waals surface area contributed by atoms with E-state index in [1.807, 2.05) is 6.92 Å². The van der Waals surface area contributed by atoms with Gasteiger partial charge in [-0.05, 0) is 31.2 Å². The Hall–Kier alpha value is -1.48. The molecular formula is C15H16ClN3O3S2. The molecule has 128 valence electrons. The number of rotatable bonds is 3. The van der Waals surface area contributed by atoms with Gasteiger partial charge in [-0.3, -0.25) is 9.78 Å². The monoisotopic (exact) mass is 385 g/mol. The minimum atomic E-state index is -3.54. The van der Waals surface area contributed by atoms with Crippen LogP contribution in [0.25, 0.3) is 0 Å². The van der Waals surface area contributed by atoms with Crippen LogP contribution < -0.4 is 0 Å². The van der Waals surface area contributed by atoms with Crippen LogP contribution in [0.2, 0.25) is 4.34 Å². The highest BCUT2D eigenvalue weighted by atomic mass is 35.5. The molecule has 0 N–H and O–H groups in total. The minimum absolute atomic E-state index is 0.126. The quantitative estimate of drug-likeness (QED) is 0.812. The largest absolute Gasteiger partial charge is 0.336 e. The second kappa shape index (κ2) is 6.79. The van der Waals surface area contributed by atoms with Crippen LogP contribution in [0.3, 0.4) is 0 Å². The van der Waals surface area contributed by atoms with Crippen molar-refractivity contribution in [2.24, 2.45) is 0 Å². The summed E-state index contributed by atoms with van der Waals surface area (Å²) in [5.41, 5.74) is 1.36. The van der Waals surface area contributed by atoms with Gasteiger partial charge >= 0.3 is 0 Å². The third-order valence-electron chi connectivity index (χ3n) is 3.83. The SMILES string of the molecule is Cc1ccc(C(=O)N2CCN(S(=O)(=O)c3ccc(Cl)s3)CC2)cn1. The fourth-order valence-corrected chi connectivity index (χ4v) is 5.53. The molecular weight excluding hydrogens is 370 g/mol. The van der Waals surface area contributed by atoms with Crippen molar-refractivity contribution >= 4 is 38.9 Å². The van der Waals surface area contributed by atoms with Crippen LogP contribution in [0.5, 0.6) is 0 Å². The van der Waals surface area contributed by atoms with Crippen molar-refractivity contribution in [1.82, 2.24) is 14.2 Å². The van der Waals surface area contributed by atoms with Gasteiger partial charge in [-0.15, -0.1) is 11.3 Å². The van der Waals surface area contributed by atoms with Crippen molar-refractivity contribution in [3.8, 4) is 0 Å². The highest BCUT2D eigenvalue weighted by Gasteiger charge is 2.31. The first-order valence-corrected chi connectivity index (χ1v) is 9.99. The number of piperazine rings is 1. The molecule has 0 radical (unpaired) electrons. The summed E-state index contributed by atoms with van der Waals surface area (Å²) < 4.78 is 27.2. The van der Waals surface area contributed by atoms with Crippen molar-refractivity contribution in [2.45, 2.75) is 11.1 Å². The third-order valence-corrected chi connectivity index (χ3v) is 7.42. The van der Waals surface area contributed by atoms with Crippen LogP contribution in [0.15, 0.2) is 34.7 Å². The van der Waals surface area contributed by atoms with Gasteiger partial charge in [0.25, 0.3) is 15.9 Å². The van der Waals surface area contributed by atoms with E-state index in [0.29, 0.717) is 23.0 Å². The molecule has 6 nitrogen and oxygen atoms in total. The fourth-order valence-electron chi connectivity index (χ4n) is 2.47. The maximum Gasteiger partial charge on any atom is 0.255 e. The van der Waals surface area contributed by atoms with Gasteiger partial charge in [-0.25, -0.2) is 8.42 Å². The van der Waals surface area contributed by atoms with Gasteiger partial charge in [-0.2, -0.15) is 4.31 Å². The second-order valence-electron chi connectivity index (χ2n) is 5.44. The number of aromatic nitrogens is 1. The van der Waals surface area contributed by atoms with Crippen molar-refractivity contribution in [3.05, 3.63) is 46.1 Å². The Bertz CT molecular complexity index is 841. The van der Waals surface area contributed by atoms with Gasteiger partial charge in [0.15, 0.2) is 0 Å². The Morgan fingerprint density at radius 3 is 2.42 bits per heavy atom. The molecule has 1 aliphatic rings. The summed E-state index contributed by atoms with van der Waals surface area (Å²) in [6.07, 6.45) is 1.55. The molecule has 0 saturated carbocycles. The lowest BCUT2D eigenvalue weighted by atomic mass is 10.2. The van der Waals surface area contributed by atoms with Gasteiger partial charge in [0.1, 0.15) is 4.21 Å². The number of hydrogen-bond donors (Lipinski definition) is 0. The number of aryl methyl sites for hydroxylation is 1. The van der Waals surface area contributed by atoms with Crippen LogP contribution >= 0.6 is 22.9 Å². The van der Waals surface area contributed by atoms with E-state index in [0.717, 1.165) is 17.0 Å². The van der Waals surface area contributed by atoms with Crippen LogP contribution in [0.4, 0.5) is 0 Å². The van der Waals surface area contributed by atoms with E-state index in [2.05, 4.69) is 4.98 Å². The minimum Gasteiger partial charge on any atom is -0.336 e. The van der Waals surface area contributed by atoms with Crippen LogP contribution in [0.1, 0.15) is 16.1 Å². The molecule has 0 bridgehead atoms. The number of carbonyl (C=O) groups is 1. The molecule has 1 aliphatic heterocycles. The first-order valence-electron chi connectivity index (χ1n) is 7.35. The van der Waals surface area contributed by atoms with Gasteiger partial charge in [0.2, 0.25) is 0 Å². The van der Waals surface area contributed by atoms with Crippen molar-refractivity contribution < 1.29 is 13.2 Å². The zero-order chi connectivity index (χ0) is 17.3. The standard InChI is InChI=1S/C15H16ClN3O3S2/c1-11-2-3-12(10-17-11)15(20)18-6-8-19(9-7-18)24(21,22)14-5-4-13(16)23-14/h2-5,10H,6-9H2,1H3. The number of halogens is 1. The van der Waals surface area contributed by atoms with E-state index < -0.39 is 10.0 Å². The van der Waals surface area contributed by atoms with Gasteiger partial charge in [-0.1, -0.05) is 11.6 Å². The smallest absolute Gasteiger partial charge is 0.255 e. The number of pyridine rings is 1. The van der Waals surface area contributed by atoms with Gasteiger partial charge in [0.05, 0.1) is 9.90 Å². The summed E-state index contributed by atoms with van der Waals surface area (Å²) >= 11 is 6.87. The molecule has 2 aromatic heterocycles. The molecule has 1 amide bonds. The average molecular weight is 386 g/mol. The Morgan fingerprint density at radius 2 is 1.88 bits per heavy atom. The zero-order valence-corrected chi connectivity index (χ0v) is 15.4. The third kappa shape index (κ3) is 3.46. The van der Waals surface area contributed by atoms with E-state index in [1.54, 1.807) is 29.3 Å². The predicted molar refractivity (Wildman–Crippen MR) is 93.0 cm³/mol. The molecule has 3 heterocycles. The molecule has 2 aromatic rings. The Morgan fingerprint density at radius 1 is 1.17 bits per heavy atom. The summed E-state index contributed by atoms with van der Waals surface area (Å²) in [4.78, 5) is 18.2. The first-order chi connectivity index (χ1) is 11.4. The number of carbonyl (C=O) groups excluding carboxylic acids is 1. The topological polar surface area (TPSA) is 70.6 Å². The number of sulfonamides is 1. The highest BCUT2D eigenvalue weighted by Crippen LogP contribution is 2.28. The predicted octanol–water partition coefficient (Wildman–Crippen LogP) is 2.25. The van der Waals surface area contributed by atoms with Crippen LogP contribution in [0, 0.1) is 6.92 Å². The number of thiophene rings is 1. The fraction of sp³-hybridized carbons (Fsp3) is 0.333. The lowest BCUT2D eigenvalue weighted by Gasteiger charge is -2.33. The van der Waals surface area contributed by atoms with E-state index in [-0.39, 0.29) is 23.2 Å².